The van der Waals surface area contributed by atoms with E-state index in [-0.39, 0.29) is 18.2 Å². The first-order valence-electron chi connectivity index (χ1n) is 6.57. The molecule has 1 atom stereocenters. The zero-order chi connectivity index (χ0) is 15.0. The summed E-state index contributed by atoms with van der Waals surface area (Å²) in [6.07, 6.45) is 4.64. The Kier molecular flexibility index (Phi) is 3.56. The molecule has 3 rings (SSSR count). The molecular weight excluding hydrogens is 294 g/mol. The fraction of sp³-hybridized carbons (Fsp3) is 0.500. The van der Waals surface area contributed by atoms with Crippen LogP contribution in [0.2, 0.25) is 0 Å². The molecule has 3 heterocycles. The largest absolute Gasteiger partial charge is 0.378 e. The van der Waals surface area contributed by atoms with Gasteiger partial charge in [0.2, 0.25) is 0 Å². The number of H-pyrrole nitrogens is 1. The summed E-state index contributed by atoms with van der Waals surface area (Å²) in [4.78, 5) is 11.3. The number of rotatable bonds is 3. The molecule has 0 aliphatic carbocycles. The summed E-state index contributed by atoms with van der Waals surface area (Å²) in [5.74, 6) is 0.590. The van der Waals surface area contributed by atoms with Crippen LogP contribution in [0.4, 0.5) is 0 Å². The lowest BCUT2D eigenvalue weighted by Crippen LogP contribution is -2.43. The number of aryl methyl sites for hydroxylation is 2. The molecule has 2 aromatic heterocycles. The highest BCUT2D eigenvalue weighted by Crippen LogP contribution is 2.28. The third kappa shape index (κ3) is 2.59. The van der Waals surface area contributed by atoms with Crippen molar-refractivity contribution in [1.82, 2.24) is 23.8 Å². The topological polar surface area (TPSA) is 93.1 Å². The predicted molar refractivity (Wildman–Crippen MR) is 74.0 cm³/mol. The van der Waals surface area contributed by atoms with Gasteiger partial charge < -0.3 is 14.3 Å². The van der Waals surface area contributed by atoms with E-state index in [4.69, 9.17) is 4.74 Å². The molecular formula is C12H17N5O3S. The van der Waals surface area contributed by atoms with Crippen LogP contribution >= 0.6 is 0 Å². The zero-order valence-electron chi connectivity index (χ0n) is 11.9. The van der Waals surface area contributed by atoms with Gasteiger partial charge in [0.25, 0.3) is 10.0 Å². The lowest BCUT2D eigenvalue weighted by Gasteiger charge is -2.32. The van der Waals surface area contributed by atoms with Crippen LogP contribution in [0.3, 0.4) is 0 Å². The number of nitrogens with zero attached hydrogens (tertiary/aromatic N) is 4. The molecule has 2 aromatic rings. The van der Waals surface area contributed by atoms with E-state index in [2.05, 4.69) is 15.0 Å². The lowest BCUT2D eigenvalue weighted by atomic mass is 10.2. The minimum atomic E-state index is -3.67. The van der Waals surface area contributed by atoms with Crippen LogP contribution in [0.15, 0.2) is 23.7 Å². The summed E-state index contributed by atoms with van der Waals surface area (Å²) < 4.78 is 33.9. The van der Waals surface area contributed by atoms with E-state index in [1.54, 1.807) is 17.8 Å². The van der Waals surface area contributed by atoms with Gasteiger partial charge in [-0.25, -0.2) is 18.4 Å². The second kappa shape index (κ2) is 5.24. The highest BCUT2D eigenvalue weighted by molar-refractivity contribution is 7.89. The SMILES string of the molecule is Cc1cnc(C2COCCN2S(=O)(=O)c2cn(C)cn2)[nH]1. The van der Waals surface area contributed by atoms with E-state index in [0.29, 0.717) is 12.4 Å². The Bertz CT molecular complexity index is 736. The normalized spacial score (nSPS) is 20.8. The van der Waals surface area contributed by atoms with Crippen molar-refractivity contribution in [2.75, 3.05) is 19.8 Å². The van der Waals surface area contributed by atoms with Crippen molar-refractivity contribution >= 4 is 10.0 Å². The van der Waals surface area contributed by atoms with Gasteiger partial charge in [-0.1, -0.05) is 0 Å². The number of hydrogen-bond acceptors (Lipinski definition) is 5. The first kappa shape index (κ1) is 14.2. The molecule has 0 saturated carbocycles. The summed E-state index contributed by atoms with van der Waals surface area (Å²) in [5, 5.41) is 0.0418. The molecule has 114 valence electrons. The van der Waals surface area contributed by atoms with E-state index < -0.39 is 16.1 Å². The molecule has 1 unspecified atom stereocenters. The Hall–Kier alpha value is -1.71. The van der Waals surface area contributed by atoms with Gasteiger partial charge in [-0.05, 0) is 6.92 Å². The average Bonchev–Trinajstić information content (AvgIpc) is 3.08. The number of nitrogens with one attached hydrogen (secondary N) is 1. The van der Waals surface area contributed by atoms with Crippen molar-refractivity contribution < 1.29 is 13.2 Å². The van der Waals surface area contributed by atoms with Crippen molar-refractivity contribution in [1.29, 1.82) is 0 Å². The molecule has 1 aliphatic heterocycles. The number of morpholine rings is 1. The van der Waals surface area contributed by atoms with Gasteiger partial charge in [-0.2, -0.15) is 4.31 Å². The van der Waals surface area contributed by atoms with Crippen molar-refractivity contribution in [3.8, 4) is 0 Å². The summed E-state index contributed by atoms with van der Waals surface area (Å²) in [6, 6.07) is -0.459. The van der Waals surface area contributed by atoms with Crippen LogP contribution in [0.25, 0.3) is 0 Å². The standard InChI is InChI=1S/C12H17N5O3S/c1-9-5-13-12(15-9)10-7-20-4-3-17(10)21(18,19)11-6-16(2)8-14-11/h5-6,8,10H,3-4,7H2,1-2H3,(H,13,15). The highest BCUT2D eigenvalue weighted by Gasteiger charge is 2.37. The number of hydrogen-bond donors (Lipinski definition) is 1. The minimum Gasteiger partial charge on any atom is -0.378 e. The van der Waals surface area contributed by atoms with Gasteiger partial charge in [0, 0.05) is 31.7 Å². The Morgan fingerprint density at radius 1 is 1.43 bits per heavy atom. The number of sulfonamides is 1. The van der Waals surface area contributed by atoms with Gasteiger partial charge in [-0.15, -0.1) is 0 Å². The fourth-order valence-corrected chi connectivity index (χ4v) is 3.87. The maximum atomic E-state index is 12.7. The van der Waals surface area contributed by atoms with Crippen LogP contribution < -0.4 is 0 Å². The molecule has 1 fully saturated rings. The molecule has 0 radical (unpaired) electrons. The predicted octanol–water partition coefficient (Wildman–Crippen LogP) is 0.214. The second-order valence-electron chi connectivity index (χ2n) is 5.04. The summed E-state index contributed by atoms with van der Waals surface area (Å²) in [5.41, 5.74) is 0.880. The molecule has 0 spiro atoms. The third-order valence-electron chi connectivity index (χ3n) is 3.37. The Morgan fingerprint density at radius 2 is 2.24 bits per heavy atom. The molecule has 1 saturated heterocycles. The Labute approximate surface area is 122 Å². The van der Waals surface area contributed by atoms with Gasteiger partial charge in [-0.3, -0.25) is 0 Å². The number of aromatic amines is 1. The van der Waals surface area contributed by atoms with Gasteiger partial charge in [0.15, 0.2) is 5.03 Å². The molecule has 1 N–H and O–H groups in total. The van der Waals surface area contributed by atoms with Crippen molar-refractivity contribution in [3.05, 3.63) is 30.2 Å². The van der Waals surface area contributed by atoms with Crippen LogP contribution in [0.1, 0.15) is 17.6 Å². The quantitative estimate of drug-likeness (QED) is 0.875. The van der Waals surface area contributed by atoms with Crippen LogP contribution in [0.5, 0.6) is 0 Å². The zero-order valence-corrected chi connectivity index (χ0v) is 12.7. The Morgan fingerprint density at radius 3 is 2.86 bits per heavy atom. The smallest absolute Gasteiger partial charge is 0.262 e. The van der Waals surface area contributed by atoms with Crippen LogP contribution in [-0.4, -0.2) is 52.0 Å². The van der Waals surface area contributed by atoms with Crippen LogP contribution in [-0.2, 0) is 21.8 Å². The molecule has 0 amide bonds. The Balaban J connectivity index is 1.97. The first-order valence-corrected chi connectivity index (χ1v) is 8.01. The molecule has 0 bridgehead atoms. The van der Waals surface area contributed by atoms with E-state index in [0.717, 1.165) is 5.69 Å². The van der Waals surface area contributed by atoms with Gasteiger partial charge >= 0.3 is 0 Å². The molecule has 9 heteroatoms. The van der Waals surface area contributed by atoms with Crippen molar-refractivity contribution in [3.63, 3.8) is 0 Å². The molecule has 0 aromatic carbocycles. The molecule has 8 nitrogen and oxygen atoms in total. The fourth-order valence-electron chi connectivity index (χ4n) is 2.34. The number of aromatic nitrogens is 4. The summed E-state index contributed by atoms with van der Waals surface area (Å²) in [6.45, 7) is 2.79. The van der Waals surface area contributed by atoms with Gasteiger partial charge in [0.1, 0.15) is 11.9 Å². The maximum Gasteiger partial charge on any atom is 0.262 e. The van der Waals surface area contributed by atoms with Crippen molar-refractivity contribution in [2.45, 2.75) is 18.0 Å². The molecule has 21 heavy (non-hydrogen) atoms. The van der Waals surface area contributed by atoms with Crippen LogP contribution in [0, 0.1) is 6.92 Å². The lowest BCUT2D eigenvalue weighted by molar-refractivity contribution is 0.0291. The maximum absolute atomic E-state index is 12.7. The second-order valence-corrected chi connectivity index (χ2v) is 6.87. The number of imidazole rings is 2. The average molecular weight is 311 g/mol. The van der Waals surface area contributed by atoms with E-state index in [9.17, 15) is 8.42 Å². The monoisotopic (exact) mass is 311 g/mol. The molecule has 1 aliphatic rings. The van der Waals surface area contributed by atoms with E-state index in [1.165, 1.54) is 16.8 Å². The highest BCUT2D eigenvalue weighted by atomic mass is 32.2. The minimum absolute atomic E-state index is 0.0418. The number of ether oxygens (including phenoxy) is 1. The summed E-state index contributed by atoms with van der Waals surface area (Å²) in [7, 11) is -1.93. The first-order chi connectivity index (χ1) is 9.98. The van der Waals surface area contributed by atoms with E-state index in [1.807, 2.05) is 6.92 Å². The summed E-state index contributed by atoms with van der Waals surface area (Å²) >= 11 is 0. The third-order valence-corrected chi connectivity index (χ3v) is 5.17. The van der Waals surface area contributed by atoms with E-state index >= 15 is 0 Å². The van der Waals surface area contributed by atoms with Gasteiger partial charge in [0.05, 0.1) is 19.5 Å². The van der Waals surface area contributed by atoms with Crippen molar-refractivity contribution in [2.24, 2.45) is 7.05 Å².